The third-order valence-electron chi connectivity index (χ3n) is 1.50. The van der Waals surface area contributed by atoms with E-state index >= 15 is 0 Å². The molecule has 0 aromatic heterocycles. The van der Waals surface area contributed by atoms with Gasteiger partial charge in [-0.1, -0.05) is 23.2 Å². The molecule has 0 fully saturated rings. The molecule has 0 atom stereocenters. The Morgan fingerprint density at radius 2 is 1.38 bits per heavy atom. The van der Waals surface area contributed by atoms with E-state index in [0.29, 0.717) is 0 Å². The average Bonchev–Trinajstić information content (AvgIpc) is 2.13. The molecule has 0 radical (unpaired) electrons. The van der Waals surface area contributed by atoms with Crippen LogP contribution >= 0.6 is 23.2 Å². The number of nitrogens with two attached hydrogens (primary N) is 1. The number of rotatable bonds is 1. The molecule has 2 N–H and O–H groups in total. The second-order valence-electron chi connectivity index (χ2n) is 2.25. The molecule has 0 heterocycles. The minimum absolute atomic E-state index is 0.481. The molecule has 6 heteroatoms. The van der Waals surface area contributed by atoms with E-state index < -0.39 is 39.6 Å². The van der Waals surface area contributed by atoms with Gasteiger partial charge in [0, 0.05) is 12.1 Å². The molecule has 0 spiro atoms. The summed E-state index contributed by atoms with van der Waals surface area (Å²) in [6.45, 7) is -0.481. The molecule has 0 aliphatic rings. The fraction of sp³-hybridized carbons (Fsp3) is 0.143. The van der Waals surface area contributed by atoms with Crippen LogP contribution in [0.4, 0.5) is 13.2 Å². The summed E-state index contributed by atoms with van der Waals surface area (Å²) in [6.07, 6.45) is 0. The largest absolute Gasteiger partial charge is 0.326 e. The van der Waals surface area contributed by atoms with Crippen molar-refractivity contribution in [3.63, 3.8) is 0 Å². The second-order valence-corrected chi connectivity index (χ2v) is 3.01. The van der Waals surface area contributed by atoms with E-state index in [-0.39, 0.29) is 0 Å². The van der Waals surface area contributed by atoms with Gasteiger partial charge in [0.2, 0.25) is 0 Å². The van der Waals surface area contributed by atoms with Crippen molar-refractivity contribution in [1.82, 2.24) is 0 Å². The summed E-state index contributed by atoms with van der Waals surface area (Å²) in [4.78, 5) is 0. The van der Waals surface area contributed by atoms with Gasteiger partial charge in [-0.3, -0.25) is 0 Å². The molecule has 1 aromatic rings. The van der Waals surface area contributed by atoms with Gasteiger partial charge in [0.15, 0.2) is 17.5 Å². The Hall–Kier alpha value is -0.450. The lowest BCUT2D eigenvalue weighted by Crippen LogP contribution is -2.06. The topological polar surface area (TPSA) is 26.0 Å². The second kappa shape index (κ2) is 3.74. The van der Waals surface area contributed by atoms with E-state index in [1.165, 1.54) is 0 Å². The quantitative estimate of drug-likeness (QED) is 0.582. The zero-order chi connectivity index (χ0) is 10.2. The summed E-state index contributed by atoms with van der Waals surface area (Å²) in [5.74, 6) is -3.89. The van der Waals surface area contributed by atoms with Gasteiger partial charge < -0.3 is 5.73 Å². The van der Waals surface area contributed by atoms with Crippen LogP contribution in [0.25, 0.3) is 0 Å². The first-order valence-corrected chi connectivity index (χ1v) is 3.96. The maximum atomic E-state index is 13.0. The molecule has 13 heavy (non-hydrogen) atoms. The number of hydrogen-bond acceptors (Lipinski definition) is 1. The lowest BCUT2D eigenvalue weighted by molar-refractivity contribution is 0.480. The molecule has 1 rings (SSSR count). The highest BCUT2D eigenvalue weighted by molar-refractivity contribution is 6.42. The van der Waals surface area contributed by atoms with Crippen molar-refractivity contribution in [2.75, 3.05) is 0 Å². The third kappa shape index (κ3) is 1.61. The number of hydrogen-bond donors (Lipinski definition) is 1. The van der Waals surface area contributed by atoms with Gasteiger partial charge >= 0.3 is 0 Å². The lowest BCUT2D eigenvalue weighted by atomic mass is 10.2. The predicted octanol–water partition coefficient (Wildman–Crippen LogP) is 2.87. The van der Waals surface area contributed by atoms with Crippen LogP contribution in [0.5, 0.6) is 0 Å². The minimum Gasteiger partial charge on any atom is -0.326 e. The van der Waals surface area contributed by atoms with Crippen LogP contribution in [0.3, 0.4) is 0 Å². The first-order chi connectivity index (χ1) is 6.00. The highest BCUT2D eigenvalue weighted by atomic mass is 35.5. The van der Waals surface area contributed by atoms with E-state index in [1.807, 2.05) is 0 Å². The van der Waals surface area contributed by atoms with Crippen molar-refractivity contribution in [2.24, 2.45) is 5.73 Å². The van der Waals surface area contributed by atoms with Crippen molar-refractivity contribution >= 4 is 23.2 Å². The Kier molecular flexibility index (Phi) is 3.05. The summed E-state index contributed by atoms with van der Waals surface area (Å²) >= 11 is 10.5. The Balaban J connectivity index is 3.56. The fourth-order valence-corrected chi connectivity index (χ4v) is 1.19. The summed E-state index contributed by atoms with van der Waals surface area (Å²) in [5, 5.41) is -1.42. The van der Waals surface area contributed by atoms with Gasteiger partial charge in [-0.25, -0.2) is 13.2 Å². The summed E-state index contributed by atoms with van der Waals surface area (Å²) < 4.78 is 38.7. The summed E-state index contributed by atoms with van der Waals surface area (Å²) in [7, 11) is 0. The molecule has 72 valence electrons. The van der Waals surface area contributed by atoms with Gasteiger partial charge in [-0.05, 0) is 0 Å². The van der Waals surface area contributed by atoms with Gasteiger partial charge in [-0.15, -0.1) is 0 Å². The Bertz CT molecular complexity index is 325. The zero-order valence-corrected chi connectivity index (χ0v) is 7.69. The standard InChI is InChI=1S/C7H4Cl2F3N/c8-3-4(9)7(12)6(11)2(1-13)5(3)10/h1,13H2. The molecule has 0 amide bonds. The zero-order valence-electron chi connectivity index (χ0n) is 6.17. The lowest BCUT2D eigenvalue weighted by Gasteiger charge is -2.06. The SMILES string of the molecule is NCc1c(F)c(F)c(Cl)c(Cl)c1F. The van der Waals surface area contributed by atoms with E-state index in [9.17, 15) is 13.2 Å². The maximum Gasteiger partial charge on any atom is 0.179 e. The molecule has 0 saturated carbocycles. The van der Waals surface area contributed by atoms with Gasteiger partial charge in [0.1, 0.15) is 5.02 Å². The van der Waals surface area contributed by atoms with Crippen LogP contribution in [0.1, 0.15) is 5.56 Å². The third-order valence-corrected chi connectivity index (χ3v) is 2.31. The number of benzene rings is 1. The molecule has 1 aromatic carbocycles. The molecular formula is C7H4Cl2F3N. The Morgan fingerprint density at radius 3 is 1.85 bits per heavy atom. The monoisotopic (exact) mass is 229 g/mol. The molecule has 1 nitrogen and oxygen atoms in total. The van der Waals surface area contributed by atoms with Crippen molar-refractivity contribution in [2.45, 2.75) is 6.54 Å². The maximum absolute atomic E-state index is 13.0. The fourth-order valence-electron chi connectivity index (χ4n) is 0.830. The molecule has 0 unspecified atom stereocenters. The van der Waals surface area contributed by atoms with Crippen LogP contribution in [-0.4, -0.2) is 0 Å². The van der Waals surface area contributed by atoms with Crippen LogP contribution in [0, 0.1) is 17.5 Å². The van der Waals surface area contributed by atoms with Crippen LogP contribution < -0.4 is 5.73 Å². The van der Waals surface area contributed by atoms with Crippen LogP contribution in [-0.2, 0) is 6.54 Å². The Labute approximate surface area is 82.2 Å². The first kappa shape index (κ1) is 10.6. The van der Waals surface area contributed by atoms with Crippen molar-refractivity contribution in [3.05, 3.63) is 33.1 Å². The Morgan fingerprint density at radius 1 is 0.923 bits per heavy atom. The van der Waals surface area contributed by atoms with Crippen LogP contribution in [0.15, 0.2) is 0 Å². The van der Waals surface area contributed by atoms with E-state index in [2.05, 4.69) is 0 Å². The molecular weight excluding hydrogens is 226 g/mol. The van der Waals surface area contributed by atoms with Crippen molar-refractivity contribution < 1.29 is 13.2 Å². The first-order valence-electron chi connectivity index (χ1n) is 3.21. The van der Waals surface area contributed by atoms with E-state index in [4.69, 9.17) is 28.9 Å². The van der Waals surface area contributed by atoms with Gasteiger partial charge in [0.25, 0.3) is 0 Å². The van der Waals surface area contributed by atoms with Crippen molar-refractivity contribution in [3.8, 4) is 0 Å². The van der Waals surface area contributed by atoms with Gasteiger partial charge in [-0.2, -0.15) is 0 Å². The van der Waals surface area contributed by atoms with E-state index in [0.717, 1.165) is 0 Å². The van der Waals surface area contributed by atoms with Crippen LogP contribution in [0.2, 0.25) is 10.0 Å². The smallest absolute Gasteiger partial charge is 0.179 e. The average molecular weight is 230 g/mol. The molecule has 0 bridgehead atoms. The number of halogens is 5. The predicted molar refractivity (Wildman–Crippen MR) is 44.2 cm³/mol. The molecule has 0 saturated heterocycles. The normalized spacial score (nSPS) is 10.6. The summed E-state index contributed by atoms with van der Waals surface area (Å²) in [5.41, 5.74) is 4.39. The van der Waals surface area contributed by atoms with E-state index in [1.54, 1.807) is 0 Å². The molecule has 0 aliphatic carbocycles. The molecule has 0 aliphatic heterocycles. The van der Waals surface area contributed by atoms with Crippen molar-refractivity contribution in [1.29, 1.82) is 0 Å². The highest BCUT2D eigenvalue weighted by Gasteiger charge is 2.21. The summed E-state index contributed by atoms with van der Waals surface area (Å²) in [6, 6.07) is 0. The highest BCUT2D eigenvalue weighted by Crippen LogP contribution is 2.32. The minimum atomic E-state index is -1.39. The van der Waals surface area contributed by atoms with Gasteiger partial charge in [0.05, 0.1) is 5.02 Å².